The van der Waals surface area contributed by atoms with Crippen molar-refractivity contribution in [3.8, 4) is 11.3 Å². The van der Waals surface area contributed by atoms with Gasteiger partial charge in [0.1, 0.15) is 4.83 Å². The molecule has 0 unspecified atom stereocenters. The van der Waals surface area contributed by atoms with E-state index in [4.69, 9.17) is 15.2 Å². The molecule has 0 spiro atoms. The topological polar surface area (TPSA) is 107 Å². The molecule has 0 bridgehead atoms. The lowest BCUT2D eigenvalue weighted by molar-refractivity contribution is -0.759. The van der Waals surface area contributed by atoms with E-state index in [0.29, 0.717) is 15.4 Å². The summed E-state index contributed by atoms with van der Waals surface area (Å²) in [5, 5.41) is 19.6. The minimum atomic E-state index is -0.459. The third kappa shape index (κ3) is 3.84. The van der Waals surface area contributed by atoms with Crippen LogP contribution in [0.1, 0.15) is 29.7 Å². The molecule has 1 saturated heterocycles. The van der Waals surface area contributed by atoms with Crippen LogP contribution in [0.4, 0.5) is 11.6 Å². The maximum absolute atomic E-state index is 12.8. The first-order valence-corrected chi connectivity index (χ1v) is 11.1. The van der Waals surface area contributed by atoms with Crippen molar-refractivity contribution in [2.75, 3.05) is 23.8 Å². The van der Waals surface area contributed by atoms with Crippen LogP contribution in [0.5, 0.6) is 0 Å². The zero-order valence-corrected chi connectivity index (χ0v) is 17.9. The van der Waals surface area contributed by atoms with E-state index in [1.807, 2.05) is 43.3 Å². The molecule has 0 atom stereocenters. The first-order chi connectivity index (χ1) is 15.1. The Kier molecular flexibility index (Phi) is 5.03. The summed E-state index contributed by atoms with van der Waals surface area (Å²) >= 11 is 1.24. The zero-order valence-electron chi connectivity index (χ0n) is 17.1. The van der Waals surface area contributed by atoms with Gasteiger partial charge in [-0.15, -0.1) is 11.3 Å². The van der Waals surface area contributed by atoms with Gasteiger partial charge in [-0.1, -0.05) is 29.8 Å². The highest BCUT2D eigenvalue weighted by atomic mass is 32.1. The monoisotopic (exact) mass is 434 g/mol. The fourth-order valence-corrected chi connectivity index (χ4v) is 4.66. The van der Waals surface area contributed by atoms with Gasteiger partial charge in [0.2, 0.25) is 5.27 Å². The number of fused-ring (bicyclic) bond motifs is 1. The molecule has 158 valence electrons. The highest BCUT2D eigenvalue weighted by Gasteiger charge is 2.22. The number of nitrogen functional groups attached to an aromatic ring is 1. The number of nitrogens with two attached hydrogens (primary N) is 1. The van der Waals surface area contributed by atoms with Crippen LogP contribution >= 0.6 is 11.3 Å². The normalized spacial score (nSPS) is 15.0. The van der Waals surface area contributed by atoms with Gasteiger partial charge < -0.3 is 10.8 Å². The molecular weight excluding hydrogens is 412 g/mol. The SMILES string of the molecule is Cc1ccc(-c2ccc3c(N)c(/C([O-])=N/c4c[n+](N5CCCCC5)no4)sc3n2)cc1. The lowest BCUT2D eigenvalue weighted by Gasteiger charge is -2.17. The molecule has 1 aliphatic heterocycles. The molecule has 8 nitrogen and oxygen atoms in total. The lowest BCUT2D eigenvalue weighted by Crippen LogP contribution is -2.60. The van der Waals surface area contributed by atoms with Crippen molar-refractivity contribution < 1.29 is 14.4 Å². The molecule has 0 radical (unpaired) electrons. The number of hydrogen-bond donors (Lipinski definition) is 1. The quantitative estimate of drug-likeness (QED) is 0.301. The number of hydrogen-bond acceptors (Lipinski definition) is 8. The zero-order chi connectivity index (χ0) is 21.4. The van der Waals surface area contributed by atoms with Crippen LogP contribution in [-0.2, 0) is 0 Å². The molecule has 1 fully saturated rings. The molecule has 4 aromatic rings. The van der Waals surface area contributed by atoms with Gasteiger partial charge in [0.05, 0.1) is 34.1 Å². The summed E-state index contributed by atoms with van der Waals surface area (Å²) in [5.41, 5.74) is 9.68. The van der Waals surface area contributed by atoms with Gasteiger partial charge in [0.25, 0.3) is 6.20 Å². The van der Waals surface area contributed by atoms with E-state index >= 15 is 0 Å². The third-order valence-corrected chi connectivity index (χ3v) is 6.52. The minimum Gasteiger partial charge on any atom is -0.857 e. The van der Waals surface area contributed by atoms with Crippen LogP contribution in [-0.4, -0.2) is 29.2 Å². The molecule has 0 amide bonds. The number of benzene rings is 1. The smallest absolute Gasteiger partial charge is 0.324 e. The Morgan fingerprint density at radius 1 is 1.16 bits per heavy atom. The van der Waals surface area contributed by atoms with Crippen LogP contribution in [0.25, 0.3) is 21.5 Å². The minimum absolute atomic E-state index is 0.153. The van der Waals surface area contributed by atoms with Gasteiger partial charge in [0.15, 0.2) is 0 Å². The Bertz CT molecular complexity index is 1250. The number of rotatable bonds is 4. The molecule has 0 aliphatic carbocycles. The standard InChI is InChI=1S/C22H22N6O2S/c1-14-5-7-15(8-6-14)17-10-9-16-19(23)20(31-22(16)24-17)21(29)25-18-13-28(26-30-18)27-11-3-2-4-12-27/h5-10,13H,2-4,11-12H2,1H3,(H2-,23,25,26,29). The second kappa shape index (κ2) is 7.99. The molecule has 3 aromatic heterocycles. The molecule has 5 rings (SSSR count). The van der Waals surface area contributed by atoms with Crippen molar-refractivity contribution in [1.29, 1.82) is 0 Å². The predicted octanol–water partition coefficient (Wildman–Crippen LogP) is 2.69. The summed E-state index contributed by atoms with van der Waals surface area (Å²) < 4.78 is 5.24. The van der Waals surface area contributed by atoms with Crippen molar-refractivity contribution in [2.24, 2.45) is 4.99 Å². The molecule has 2 N–H and O–H groups in total. The third-order valence-electron chi connectivity index (χ3n) is 5.41. The summed E-state index contributed by atoms with van der Waals surface area (Å²) in [6.07, 6.45) is 5.07. The fraction of sp³-hybridized carbons (Fsp3) is 0.273. The number of aliphatic imine (C=N–C) groups is 1. The molecule has 0 saturated carbocycles. The number of aryl methyl sites for hydroxylation is 1. The molecule has 1 aromatic carbocycles. The Morgan fingerprint density at radius 3 is 2.71 bits per heavy atom. The van der Waals surface area contributed by atoms with Crippen molar-refractivity contribution in [3.63, 3.8) is 0 Å². The summed E-state index contributed by atoms with van der Waals surface area (Å²) in [4.78, 5) is 11.5. The van der Waals surface area contributed by atoms with Crippen LogP contribution in [0.2, 0.25) is 0 Å². The number of anilines is 1. The molecule has 4 heterocycles. The molecule has 9 heteroatoms. The van der Waals surface area contributed by atoms with Crippen LogP contribution in [0, 0.1) is 6.92 Å². The van der Waals surface area contributed by atoms with Crippen LogP contribution in [0.3, 0.4) is 0 Å². The van der Waals surface area contributed by atoms with Crippen molar-refractivity contribution in [1.82, 2.24) is 10.3 Å². The summed E-state index contributed by atoms with van der Waals surface area (Å²) in [6, 6.07) is 12.0. The number of piperidine rings is 1. The summed E-state index contributed by atoms with van der Waals surface area (Å²) in [7, 11) is 0. The second-order valence-electron chi connectivity index (χ2n) is 7.65. The Hall–Kier alpha value is -3.46. The highest BCUT2D eigenvalue weighted by Crippen LogP contribution is 2.34. The van der Waals surface area contributed by atoms with E-state index in [0.717, 1.165) is 42.6 Å². The van der Waals surface area contributed by atoms with Crippen molar-refractivity contribution in [3.05, 3.63) is 53.0 Å². The average Bonchev–Trinajstić information content (AvgIpc) is 3.39. The highest BCUT2D eigenvalue weighted by molar-refractivity contribution is 7.21. The van der Waals surface area contributed by atoms with Gasteiger partial charge in [-0.25, -0.2) is 9.98 Å². The number of pyridine rings is 1. The summed E-state index contributed by atoms with van der Waals surface area (Å²) in [6.45, 7) is 3.86. The van der Waals surface area contributed by atoms with E-state index in [2.05, 4.69) is 15.3 Å². The van der Waals surface area contributed by atoms with Crippen molar-refractivity contribution in [2.45, 2.75) is 26.2 Å². The second-order valence-corrected chi connectivity index (χ2v) is 8.65. The van der Waals surface area contributed by atoms with Gasteiger partial charge in [-0.05, 0) is 38.3 Å². The lowest BCUT2D eigenvalue weighted by atomic mass is 10.1. The van der Waals surface area contributed by atoms with Gasteiger partial charge in [-0.2, -0.15) is 5.01 Å². The molecular formula is C22H22N6O2S. The largest absolute Gasteiger partial charge is 0.857 e. The maximum atomic E-state index is 12.8. The van der Waals surface area contributed by atoms with Gasteiger partial charge in [0, 0.05) is 16.8 Å². The molecule has 1 aliphatic rings. The Labute approximate surface area is 183 Å². The predicted molar refractivity (Wildman–Crippen MR) is 119 cm³/mol. The Balaban J connectivity index is 1.44. The van der Waals surface area contributed by atoms with E-state index in [9.17, 15) is 5.11 Å². The maximum Gasteiger partial charge on any atom is 0.324 e. The van der Waals surface area contributed by atoms with E-state index in [1.165, 1.54) is 23.3 Å². The average molecular weight is 435 g/mol. The number of nitrogens with zero attached hydrogens (tertiary/aromatic N) is 5. The van der Waals surface area contributed by atoms with Crippen molar-refractivity contribution >= 4 is 39.0 Å². The first kappa shape index (κ1) is 19.5. The first-order valence-electron chi connectivity index (χ1n) is 10.2. The van der Waals surface area contributed by atoms with Gasteiger partial charge in [-0.3, -0.25) is 4.52 Å². The number of thiophene rings is 1. The van der Waals surface area contributed by atoms with E-state index < -0.39 is 5.90 Å². The van der Waals surface area contributed by atoms with E-state index in [1.54, 1.807) is 11.0 Å². The Morgan fingerprint density at radius 2 is 1.94 bits per heavy atom. The summed E-state index contributed by atoms with van der Waals surface area (Å²) in [5.74, 6) is -0.305. The van der Waals surface area contributed by atoms with Crippen LogP contribution in [0.15, 0.2) is 52.1 Å². The fourth-order valence-electron chi connectivity index (χ4n) is 3.69. The molecule has 31 heavy (non-hydrogen) atoms. The van der Waals surface area contributed by atoms with Crippen LogP contribution < -0.4 is 20.6 Å². The van der Waals surface area contributed by atoms with E-state index in [-0.39, 0.29) is 5.88 Å². The van der Waals surface area contributed by atoms with Gasteiger partial charge >= 0.3 is 5.88 Å². The number of aromatic nitrogens is 3.